The van der Waals surface area contributed by atoms with Gasteiger partial charge in [0.05, 0.1) is 6.54 Å². The summed E-state index contributed by atoms with van der Waals surface area (Å²) in [4.78, 5) is 0. The molecule has 0 radical (unpaired) electrons. The second-order valence-corrected chi connectivity index (χ2v) is 4.78. The van der Waals surface area contributed by atoms with E-state index in [2.05, 4.69) is 5.10 Å². The van der Waals surface area contributed by atoms with E-state index in [0.717, 1.165) is 10.9 Å². The Labute approximate surface area is 122 Å². The van der Waals surface area contributed by atoms with E-state index in [1.165, 1.54) is 18.2 Å². The summed E-state index contributed by atoms with van der Waals surface area (Å²) in [5.74, 6) is -0.615. The quantitative estimate of drug-likeness (QED) is 0.877. The van der Waals surface area contributed by atoms with Gasteiger partial charge in [-0.3, -0.25) is 4.68 Å². The Hall–Kier alpha value is -1.60. The highest BCUT2D eigenvalue weighted by atomic mass is 35.5. The maximum atomic E-state index is 13.6. The molecule has 0 aliphatic heterocycles. The van der Waals surface area contributed by atoms with Gasteiger partial charge in [-0.15, -0.1) is 0 Å². The van der Waals surface area contributed by atoms with Crippen LogP contribution in [-0.4, -0.2) is 21.5 Å². The summed E-state index contributed by atoms with van der Waals surface area (Å²) in [6.07, 6.45) is -3.67. The van der Waals surface area contributed by atoms with E-state index in [0.29, 0.717) is 0 Å². The van der Waals surface area contributed by atoms with Crippen LogP contribution in [-0.2, 0) is 19.1 Å². The molecule has 3 nitrogen and oxygen atoms in total. The number of aliphatic hydroxyl groups excluding tert-OH is 1. The summed E-state index contributed by atoms with van der Waals surface area (Å²) < 4.78 is 53.1. The first-order chi connectivity index (χ1) is 9.82. The van der Waals surface area contributed by atoms with Gasteiger partial charge in [0, 0.05) is 29.0 Å². The van der Waals surface area contributed by atoms with Gasteiger partial charge in [0.1, 0.15) is 5.82 Å². The van der Waals surface area contributed by atoms with Crippen LogP contribution in [0.5, 0.6) is 0 Å². The maximum absolute atomic E-state index is 13.6. The highest BCUT2D eigenvalue weighted by molar-refractivity contribution is 6.31. The summed E-state index contributed by atoms with van der Waals surface area (Å²) in [6, 6.07) is 4.02. The molecule has 0 aliphatic rings. The number of aromatic nitrogens is 2. The van der Waals surface area contributed by atoms with Crippen LogP contribution in [0.3, 0.4) is 0 Å². The number of benzene rings is 1. The van der Waals surface area contributed by atoms with Crippen LogP contribution >= 0.6 is 11.6 Å². The lowest BCUT2D eigenvalue weighted by Gasteiger charge is -2.06. The summed E-state index contributed by atoms with van der Waals surface area (Å²) >= 11 is 5.83. The van der Waals surface area contributed by atoms with Crippen LogP contribution < -0.4 is 0 Å². The third-order valence-corrected chi connectivity index (χ3v) is 3.22. The molecule has 0 atom stereocenters. The molecular weight excluding hydrogens is 312 g/mol. The Balaban J connectivity index is 2.37. The molecule has 21 heavy (non-hydrogen) atoms. The van der Waals surface area contributed by atoms with Crippen molar-refractivity contribution in [1.29, 1.82) is 0 Å². The molecule has 0 bridgehead atoms. The van der Waals surface area contributed by atoms with Gasteiger partial charge in [-0.05, 0) is 18.6 Å². The molecule has 1 heterocycles. The molecule has 0 spiro atoms. The Kier molecular flexibility index (Phi) is 4.53. The van der Waals surface area contributed by atoms with E-state index < -0.39 is 24.3 Å². The van der Waals surface area contributed by atoms with Crippen molar-refractivity contribution in [3.63, 3.8) is 0 Å². The zero-order valence-corrected chi connectivity index (χ0v) is 11.4. The Morgan fingerprint density at radius 1 is 1.29 bits per heavy atom. The lowest BCUT2D eigenvalue weighted by atomic mass is 10.2. The van der Waals surface area contributed by atoms with Gasteiger partial charge in [-0.25, -0.2) is 4.39 Å². The Morgan fingerprint density at radius 3 is 2.57 bits per heavy atom. The summed E-state index contributed by atoms with van der Waals surface area (Å²) in [6.45, 7) is -0.657. The molecule has 8 heteroatoms. The zero-order valence-electron chi connectivity index (χ0n) is 10.7. The number of rotatable bonds is 4. The molecule has 1 aromatic heterocycles. The lowest BCUT2D eigenvalue weighted by molar-refractivity contribution is -0.142. The molecule has 2 aromatic rings. The molecule has 0 saturated carbocycles. The minimum absolute atomic E-state index is 0.0611. The molecule has 1 aromatic carbocycles. The van der Waals surface area contributed by atoms with Gasteiger partial charge in [0.2, 0.25) is 0 Å². The summed E-state index contributed by atoms with van der Waals surface area (Å²) in [5, 5.41) is 12.4. The summed E-state index contributed by atoms with van der Waals surface area (Å²) in [7, 11) is 0. The predicted octanol–water partition coefficient (Wildman–Crippen LogP) is 3.28. The minimum atomic E-state index is -4.63. The minimum Gasteiger partial charge on any atom is -0.396 e. The molecule has 114 valence electrons. The van der Waals surface area contributed by atoms with Gasteiger partial charge in [0.15, 0.2) is 5.69 Å². The molecule has 0 fully saturated rings. The number of aliphatic hydroxyl groups is 1. The van der Waals surface area contributed by atoms with Crippen molar-refractivity contribution < 1.29 is 22.7 Å². The van der Waals surface area contributed by atoms with Crippen LogP contribution in [0.15, 0.2) is 24.4 Å². The van der Waals surface area contributed by atoms with E-state index in [9.17, 15) is 17.6 Å². The molecule has 0 amide bonds. The smallest absolute Gasteiger partial charge is 0.396 e. The molecule has 0 saturated heterocycles. The fourth-order valence-corrected chi connectivity index (χ4v) is 2.15. The van der Waals surface area contributed by atoms with Crippen molar-refractivity contribution in [2.45, 2.75) is 19.1 Å². The van der Waals surface area contributed by atoms with E-state index in [-0.39, 0.29) is 29.1 Å². The van der Waals surface area contributed by atoms with Crippen molar-refractivity contribution >= 4 is 11.6 Å². The van der Waals surface area contributed by atoms with Crippen LogP contribution in [0.2, 0.25) is 5.02 Å². The average Bonchev–Trinajstić information content (AvgIpc) is 2.77. The number of halogens is 5. The van der Waals surface area contributed by atoms with Crippen LogP contribution in [0.25, 0.3) is 0 Å². The maximum Gasteiger partial charge on any atom is 0.435 e. The van der Waals surface area contributed by atoms with Crippen LogP contribution in [0.4, 0.5) is 17.6 Å². The van der Waals surface area contributed by atoms with Crippen LogP contribution in [0.1, 0.15) is 16.8 Å². The molecule has 2 rings (SSSR count). The van der Waals surface area contributed by atoms with Crippen molar-refractivity contribution in [2.24, 2.45) is 0 Å². The van der Waals surface area contributed by atoms with Gasteiger partial charge < -0.3 is 5.11 Å². The first-order valence-electron chi connectivity index (χ1n) is 6.00. The van der Waals surface area contributed by atoms with E-state index in [1.807, 2.05) is 0 Å². The van der Waals surface area contributed by atoms with E-state index in [4.69, 9.17) is 16.7 Å². The molecule has 1 N–H and O–H groups in total. The third kappa shape index (κ3) is 3.54. The van der Waals surface area contributed by atoms with Gasteiger partial charge in [-0.2, -0.15) is 18.3 Å². The molecule has 0 aliphatic carbocycles. The highest BCUT2D eigenvalue weighted by Crippen LogP contribution is 2.31. The number of nitrogens with zero attached hydrogens (tertiary/aromatic N) is 2. The van der Waals surface area contributed by atoms with Gasteiger partial charge >= 0.3 is 6.18 Å². The number of hydrogen-bond donors (Lipinski definition) is 1. The Bertz CT molecular complexity index is 619. The van der Waals surface area contributed by atoms with E-state index in [1.54, 1.807) is 0 Å². The molecular formula is C13H11ClF4N2O. The fraction of sp³-hybridized carbons (Fsp3) is 0.308. The zero-order chi connectivity index (χ0) is 15.6. The predicted molar refractivity (Wildman–Crippen MR) is 68.5 cm³/mol. The van der Waals surface area contributed by atoms with Crippen LogP contribution in [0, 0.1) is 5.82 Å². The molecule has 0 unspecified atom stereocenters. The second kappa shape index (κ2) is 6.03. The Morgan fingerprint density at radius 2 is 2.00 bits per heavy atom. The number of hydrogen-bond acceptors (Lipinski definition) is 2. The lowest BCUT2D eigenvalue weighted by Crippen LogP contribution is -2.11. The summed E-state index contributed by atoms with van der Waals surface area (Å²) in [5.41, 5.74) is -1.16. The standard InChI is InChI=1S/C13H11ClF4N2O/c14-10-2-1-3-11(15)9(10)7-20-6-8(4-5-21)12(19-20)13(16,17)18/h1-3,6,21H,4-5,7H2. The highest BCUT2D eigenvalue weighted by Gasteiger charge is 2.36. The van der Waals surface area contributed by atoms with Gasteiger partial charge in [0.25, 0.3) is 0 Å². The normalized spacial score (nSPS) is 11.9. The van der Waals surface area contributed by atoms with Gasteiger partial charge in [-0.1, -0.05) is 17.7 Å². The third-order valence-electron chi connectivity index (χ3n) is 2.87. The largest absolute Gasteiger partial charge is 0.435 e. The van der Waals surface area contributed by atoms with Crippen molar-refractivity contribution in [1.82, 2.24) is 9.78 Å². The fourth-order valence-electron chi connectivity index (χ4n) is 1.93. The SMILES string of the molecule is OCCc1cn(Cc2c(F)cccc2Cl)nc1C(F)(F)F. The topological polar surface area (TPSA) is 38.0 Å². The van der Waals surface area contributed by atoms with Crippen molar-refractivity contribution in [2.75, 3.05) is 6.61 Å². The average molecular weight is 323 g/mol. The van der Waals surface area contributed by atoms with Crippen molar-refractivity contribution in [3.8, 4) is 0 Å². The second-order valence-electron chi connectivity index (χ2n) is 4.37. The van der Waals surface area contributed by atoms with Crippen molar-refractivity contribution in [3.05, 3.63) is 52.1 Å². The first-order valence-corrected chi connectivity index (χ1v) is 6.38. The number of alkyl halides is 3. The first kappa shape index (κ1) is 15.8. The monoisotopic (exact) mass is 322 g/mol. The van der Waals surface area contributed by atoms with E-state index >= 15 is 0 Å².